The zero-order chi connectivity index (χ0) is 17.9. The van der Waals surface area contributed by atoms with E-state index in [-0.39, 0.29) is 6.04 Å². The third kappa shape index (κ3) is 3.30. The molecule has 3 aromatic rings. The van der Waals surface area contributed by atoms with Crippen LogP contribution in [0.15, 0.2) is 42.9 Å². The molecule has 2 aromatic heterocycles. The molecule has 26 heavy (non-hydrogen) atoms. The number of hydrogen-bond donors (Lipinski definition) is 1. The van der Waals surface area contributed by atoms with Crippen LogP contribution in [-0.2, 0) is 24.8 Å². The summed E-state index contributed by atoms with van der Waals surface area (Å²) in [6.07, 6.45) is 4.77. The van der Waals surface area contributed by atoms with Gasteiger partial charge in [0.25, 0.3) is 0 Å². The van der Waals surface area contributed by atoms with Crippen molar-refractivity contribution in [3.05, 3.63) is 71.1 Å². The summed E-state index contributed by atoms with van der Waals surface area (Å²) in [7, 11) is 1.99. The molecule has 0 fully saturated rings. The van der Waals surface area contributed by atoms with E-state index >= 15 is 0 Å². The quantitative estimate of drug-likeness (QED) is 0.694. The van der Waals surface area contributed by atoms with Crippen LogP contribution >= 0.6 is 0 Å². The van der Waals surface area contributed by atoms with Crippen molar-refractivity contribution < 1.29 is 4.74 Å². The molecular formula is C20H25N5O. The Hall–Kier alpha value is -2.44. The molecule has 1 aliphatic rings. The maximum Gasteiger partial charge on any atom is 0.0926 e. The van der Waals surface area contributed by atoms with Gasteiger partial charge in [0, 0.05) is 43.5 Å². The number of benzene rings is 1. The topological polar surface area (TPSA) is 59.0 Å². The fraction of sp³-hybridized carbons (Fsp3) is 0.400. The Morgan fingerprint density at radius 1 is 1.27 bits per heavy atom. The Balaban J connectivity index is 1.47. The predicted octanol–water partition coefficient (Wildman–Crippen LogP) is 2.62. The number of ether oxygens (including phenoxy) is 1. The lowest BCUT2D eigenvalue weighted by molar-refractivity contribution is 0.0797. The lowest BCUT2D eigenvalue weighted by atomic mass is 9.96. The first-order chi connectivity index (χ1) is 12.7. The maximum absolute atomic E-state index is 5.92. The maximum atomic E-state index is 5.92. The van der Waals surface area contributed by atoms with Crippen molar-refractivity contribution in [2.45, 2.75) is 26.0 Å². The zero-order valence-corrected chi connectivity index (χ0v) is 15.4. The molecule has 1 atom stereocenters. The van der Waals surface area contributed by atoms with Gasteiger partial charge in [-0.2, -0.15) is 5.10 Å². The van der Waals surface area contributed by atoms with Gasteiger partial charge in [-0.05, 0) is 12.5 Å². The van der Waals surface area contributed by atoms with E-state index in [1.807, 2.05) is 36.1 Å². The Kier molecular flexibility index (Phi) is 4.86. The van der Waals surface area contributed by atoms with Gasteiger partial charge in [-0.3, -0.25) is 9.58 Å². The van der Waals surface area contributed by atoms with Crippen LogP contribution in [0.1, 0.15) is 34.3 Å². The van der Waals surface area contributed by atoms with E-state index < -0.39 is 0 Å². The van der Waals surface area contributed by atoms with Crippen LogP contribution in [0.5, 0.6) is 0 Å². The van der Waals surface area contributed by atoms with E-state index in [0.29, 0.717) is 13.2 Å². The van der Waals surface area contributed by atoms with Crippen molar-refractivity contribution in [3.63, 3.8) is 0 Å². The van der Waals surface area contributed by atoms with Crippen molar-refractivity contribution >= 4 is 0 Å². The fourth-order valence-corrected chi connectivity index (χ4v) is 3.64. The molecule has 3 heterocycles. The summed E-state index contributed by atoms with van der Waals surface area (Å²) in [5.41, 5.74) is 5.97. The highest BCUT2D eigenvalue weighted by Gasteiger charge is 2.32. The Bertz CT molecular complexity index is 854. The van der Waals surface area contributed by atoms with Crippen molar-refractivity contribution in [1.29, 1.82) is 0 Å². The smallest absolute Gasteiger partial charge is 0.0926 e. The molecule has 0 spiro atoms. The molecule has 1 aliphatic heterocycles. The lowest BCUT2D eigenvalue weighted by Gasteiger charge is -2.34. The Labute approximate surface area is 153 Å². The highest BCUT2D eigenvalue weighted by atomic mass is 16.5. The summed E-state index contributed by atoms with van der Waals surface area (Å²) >= 11 is 0. The van der Waals surface area contributed by atoms with Gasteiger partial charge in [0.05, 0.1) is 37.5 Å². The van der Waals surface area contributed by atoms with Crippen molar-refractivity contribution in [2.24, 2.45) is 7.05 Å². The molecule has 1 N–H and O–H groups in total. The van der Waals surface area contributed by atoms with Crippen LogP contribution in [0.25, 0.3) is 0 Å². The zero-order valence-electron chi connectivity index (χ0n) is 15.4. The SMILES string of the molecule is Cc1c([C@H]2c3nc[nH]c3CCN2CCOCc2ccccc2)cnn1C. The van der Waals surface area contributed by atoms with Crippen LogP contribution in [0, 0.1) is 6.92 Å². The third-order valence-electron chi connectivity index (χ3n) is 5.23. The summed E-state index contributed by atoms with van der Waals surface area (Å²) in [5.74, 6) is 0. The third-order valence-corrected chi connectivity index (χ3v) is 5.23. The molecule has 136 valence electrons. The summed E-state index contributed by atoms with van der Waals surface area (Å²) in [6, 6.07) is 10.4. The molecule has 0 unspecified atom stereocenters. The van der Waals surface area contributed by atoms with Crippen molar-refractivity contribution in [2.75, 3.05) is 19.7 Å². The average molecular weight is 351 g/mol. The number of nitrogens with zero attached hydrogens (tertiary/aromatic N) is 4. The molecule has 0 saturated carbocycles. The van der Waals surface area contributed by atoms with E-state index in [9.17, 15) is 0 Å². The van der Waals surface area contributed by atoms with Crippen molar-refractivity contribution in [1.82, 2.24) is 24.6 Å². The second kappa shape index (κ2) is 7.43. The van der Waals surface area contributed by atoms with Crippen LogP contribution in [0.2, 0.25) is 0 Å². The van der Waals surface area contributed by atoms with Gasteiger partial charge in [-0.25, -0.2) is 4.98 Å². The highest BCUT2D eigenvalue weighted by molar-refractivity contribution is 5.33. The van der Waals surface area contributed by atoms with Crippen molar-refractivity contribution in [3.8, 4) is 0 Å². The van der Waals surface area contributed by atoms with Crippen LogP contribution in [-0.4, -0.2) is 44.3 Å². The summed E-state index contributed by atoms with van der Waals surface area (Å²) in [5, 5.41) is 4.44. The number of hydrogen-bond acceptors (Lipinski definition) is 4. The number of fused-ring (bicyclic) bond motifs is 1. The van der Waals surface area contributed by atoms with Gasteiger partial charge in [0.2, 0.25) is 0 Å². The normalized spacial score (nSPS) is 17.4. The second-order valence-corrected chi connectivity index (χ2v) is 6.80. The second-order valence-electron chi connectivity index (χ2n) is 6.80. The largest absolute Gasteiger partial charge is 0.375 e. The molecule has 0 amide bonds. The molecular weight excluding hydrogens is 326 g/mol. The van der Waals surface area contributed by atoms with Gasteiger partial charge in [-0.1, -0.05) is 30.3 Å². The van der Waals surface area contributed by atoms with Crippen LogP contribution in [0.3, 0.4) is 0 Å². The van der Waals surface area contributed by atoms with E-state index in [1.54, 1.807) is 6.33 Å². The van der Waals surface area contributed by atoms with Gasteiger partial charge in [0.1, 0.15) is 0 Å². The van der Waals surface area contributed by atoms with E-state index in [4.69, 9.17) is 4.74 Å². The fourth-order valence-electron chi connectivity index (χ4n) is 3.64. The molecule has 0 bridgehead atoms. The van der Waals surface area contributed by atoms with E-state index in [0.717, 1.165) is 25.2 Å². The van der Waals surface area contributed by atoms with E-state index in [1.165, 1.54) is 22.5 Å². The Morgan fingerprint density at radius 3 is 2.88 bits per heavy atom. The first-order valence-corrected chi connectivity index (χ1v) is 9.10. The standard InChI is InChI=1S/C20H25N5O/c1-15-17(12-23-24(15)2)20-19-18(21-14-22-19)8-9-25(20)10-11-26-13-16-6-4-3-5-7-16/h3-7,12,14,20H,8-11,13H2,1-2H3,(H,21,22)/t20-/m0/s1. The minimum atomic E-state index is 0.138. The van der Waals surface area contributed by atoms with E-state index in [2.05, 4.69) is 39.0 Å². The first-order valence-electron chi connectivity index (χ1n) is 9.10. The number of nitrogens with one attached hydrogen (secondary N) is 1. The monoisotopic (exact) mass is 351 g/mol. The lowest BCUT2D eigenvalue weighted by Crippen LogP contribution is -2.38. The highest BCUT2D eigenvalue weighted by Crippen LogP contribution is 2.34. The summed E-state index contributed by atoms with van der Waals surface area (Å²) in [4.78, 5) is 10.4. The molecule has 0 aliphatic carbocycles. The molecule has 6 nitrogen and oxygen atoms in total. The number of H-pyrrole nitrogens is 1. The van der Waals surface area contributed by atoms with Gasteiger partial charge in [0.15, 0.2) is 0 Å². The molecule has 4 rings (SSSR count). The predicted molar refractivity (Wildman–Crippen MR) is 99.8 cm³/mol. The summed E-state index contributed by atoms with van der Waals surface area (Å²) < 4.78 is 7.85. The number of rotatable bonds is 6. The van der Waals surface area contributed by atoms with Crippen LogP contribution in [0.4, 0.5) is 0 Å². The van der Waals surface area contributed by atoms with Gasteiger partial charge >= 0.3 is 0 Å². The van der Waals surface area contributed by atoms with Gasteiger partial charge < -0.3 is 9.72 Å². The van der Waals surface area contributed by atoms with Gasteiger partial charge in [-0.15, -0.1) is 0 Å². The minimum absolute atomic E-state index is 0.138. The molecule has 0 radical (unpaired) electrons. The molecule has 1 aromatic carbocycles. The average Bonchev–Trinajstić information content (AvgIpc) is 3.27. The number of aromatic nitrogens is 4. The van der Waals surface area contributed by atoms with Crippen LogP contribution < -0.4 is 0 Å². The minimum Gasteiger partial charge on any atom is -0.375 e. The number of imidazole rings is 1. The molecule has 0 saturated heterocycles. The number of aromatic amines is 1. The Morgan fingerprint density at radius 2 is 2.12 bits per heavy atom. The molecule has 6 heteroatoms. The number of aryl methyl sites for hydroxylation is 1. The summed E-state index contributed by atoms with van der Waals surface area (Å²) in [6.45, 7) is 5.33. The first kappa shape index (κ1) is 17.0.